The van der Waals surface area contributed by atoms with Crippen LogP contribution >= 0.6 is 0 Å². The predicted octanol–water partition coefficient (Wildman–Crippen LogP) is 2.99. The number of benzene rings is 1. The summed E-state index contributed by atoms with van der Waals surface area (Å²) in [6, 6.07) is 8.20. The molecular weight excluding hydrogens is 416 g/mol. The molecule has 0 bridgehead atoms. The lowest BCUT2D eigenvalue weighted by atomic mass is 9.85. The van der Waals surface area contributed by atoms with Gasteiger partial charge in [0.1, 0.15) is 6.04 Å². The number of likely N-dealkylation sites (N-methyl/N-ethyl adjacent to an activating group) is 1. The van der Waals surface area contributed by atoms with Gasteiger partial charge in [0.05, 0.1) is 24.5 Å². The lowest BCUT2D eigenvalue weighted by Crippen LogP contribution is -2.65. The number of amides is 2. The molecule has 0 spiro atoms. The summed E-state index contributed by atoms with van der Waals surface area (Å²) < 4.78 is 28.0. The van der Waals surface area contributed by atoms with Gasteiger partial charge in [-0.25, -0.2) is 13.6 Å². The molecule has 1 aromatic carbocycles. The van der Waals surface area contributed by atoms with Crippen molar-refractivity contribution < 1.29 is 18.4 Å². The van der Waals surface area contributed by atoms with Crippen LogP contribution in [0.25, 0.3) is 11.3 Å². The molecule has 2 aliphatic rings. The van der Waals surface area contributed by atoms with Gasteiger partial charge in [0.25, 0.3) is 5.92 Å². The first-order chi connectivity index (χ1) is 15.0. The normalized spacial score (nSPS) is 19.1. The third-order valence-corrected chi connectivity index (χ3v) is 6.02. The van der Waals surface area contributed by atoms with Gasteiger partial charge in [-0.3, -0.25) is 4.79 Å². The lowest BCUT2D eigenvalue weighted by molar-refractivity contribution is -0.169. The third-order valence-electron chi connectivity index (χ3n) is 6.02. The summed E-state index contributed by atoms with van der Waals surface area (Å²) >= 11 is 0. The molecule has 2 amide bonds. The van der Waals surface area contributed by atoms with E-state index in [1.807, 2.05) is 37.4 Å². The Bertz CT molecular complexity index is 1020. The van der Waals surface area contributed by atoms with E-state index < -0.39 is 42.4 Å². The molecular formula is C23H29F2N5O2. The number of rotatable bonds is 3. The second kappa shape index (κ2) is 7.95. The highest BCUT2D eigenvalue weighted by Gasteiger charge is 2.49. The van der Waals surface area contributed by atoms with Gasteiger partial charge < -0.3 is 15.1 Å². The fourth-order valence-electron chi connectivity index (χ4n) is 4.23. The van der Waals surface area contributed by atoms with Crippen LogP contribution in [0.4, 0.5) is 13.6 Å². The average molecular weight is 446 g/mol. The monoisotopic (exact) mass is 445 g/mol. The zero-order chi connectivity index (χ0) is 23.3. The van der Waals surface area contributed by atoms with Crippen molar-refractivity contribution in [3.63, 3.8) is 0 Å². The van der Waals surface area contributed by atoms with Crippen molar-refractivity contribution in [3.8, 4) is 11.3 Å². The molecule has 4 rings (SSSR count). The van der Waals surface area contributed by atoms with E-state index >= 15 is 0 Å². The van der Waals surface area contributed by atoms with E-state index in [-0.39, 0.29) is 0 Å². The van der Waals surface area contributed by atoms with Crippen LogP contribution < -0.4 is 5.32 Å². The first-order valence-corrected chi connectivity index (χ1v) is 10.8. The second-order valence-corrected chi connectivity index (χ2v) is 9.84. The van der Waals surface area contributed by atoms with Crippen molar-refractivity contribution in [2.75, 3.05) is 26.7 Å². The van der Waals surface area contributed by atoms with E-state index in [4.69, 9.17) is 0 Å². The first-order valence-electron chi connectivity index (χ1n) is 10.8. The number of hydrogen-bond donors (Lipinski definition) is 1. The summed E-state index contributed by atoms with van der Waals surface area (Å²) in [7, 11) is 2.02. The van der Waals surface area contributed by atoms with Gasteiger partial charge in [0.15, 0.2) is 0 Å². The van der Waals surface area contributed by atoms with E-state index in [9.17, 15) is 18.4 Å². The molecule has 1 aromatic heterocycles. The Balaban J connectivity index is 1.64. The largest absolute Gasteiger partial charge is 0.343 e. The second-order valence-electron chi connectivity index (χ2n) is 9.84. The fourth-order valence-corrected chi connectivity index (χ4v) is 4.23. The highest BCUT2D eigenvalue weighted by Crippen LogP contribution is 2.32. The minimum atomic E-state index is -2.86. The minimum absolute atomic E-state index is 0.499. The summed E-state index contributed by atoms with van der Waals surface area (Å²) in [6.45, 7) is 5.62. The quantitative estimate of drug-likeness (QED) is 0.789. The van der Waals surface area contributed by atoms with Crippen LogP contribution in [0.15, 0.2) is 30.3 Å². The van der Waals surface area contributed by atoms with E-state index in [2.05, 4.69) is 15.3 Å². The van der Waals surface area contributed by atoms with Gasteiger partial charge in [-0.05, 0) is 12.5 Å². The number of aromatic nitrogens is 2. The summed E-state index contributed by atoms with van der Waals surface area (Å²) in [5.74, 6) is -3.36. The van der Waals surface area contributed by atoms with Crippen molar-refractivity contribution in [1.29, 1.82) is 0 Å². The van der Waals surface area contributed by atoms with Gasteiger partial charge in [0, 0.05) is 30.6 Å². The van der Waals surface area contributed by atoms with Crippen LogP contribution in [-0.4, -0.2) is 70.2 Å². The third kappa shape index (κ3) is 4.26. The molecule has 172 valence electrons. The van der Waals surface area contributed by atoms with Crippen molar-refractivity contribution in [2.24, 2.45) is 5.41 Å². The molecule has 0 aliphatic carbocycles. The van der Waals surface area contributed by atoms with Crippen LogP contribution in [0.5, 0.6) is 0 Å². The maximum Gasteiger partial charge on any atom is 0.343 e. The number of carbonyl (C=O) groups excluding carboxylic acids is 2. The van der Waals surface area contributed by atoms with E-state index in [1.165, 1.54) is 4.68 Å². The smallest absolute Gasteiger partial charge is 0.329 e. The Morgan fingerprint density at radius 1 is 1.16 bits per heavy atom. The fraction of sp³-hybridized carbons (Fsp3) is 0.522. The lowest BCUT2D eigenvalue weighted by Gasteiger charge is -2.43. The molecule has 1 fully saturated rings. The van der Waals surface area contributed by atoms with Gasteiger partial charge in [-0.15, -0.1) is 0 Å². The Morgan fingerprint density at radius 3 is 2.41 bits per heavy atom. The van der Waals surface area contributed by atoms with Crippen LogP contribution in [0.3, 0.4) is 0 Å². The van der Waals surface area contributed by atoms with Crippen LogP contribution in [0, 0.1) is 5.41 Å². The summed E-state index contributed by atoms with van der Waals surface area (Å²) in [4.78, 5) is 29.5. The topological polar surface area (TPSA) is 70.5 Å². The standard InChI is InChI=1S/C23H29F2N5O2/c1-22(2,3)19(20(31)29-13-23(24,25)14-29)26-21(32)30-17-10-11-28(4)12-16(17)18(27-30)15-8-6-5-7-9-15/h5-9,19H,10-14H2,1-4H3,(H,26,32)/t19-/m1/s1. The average Bonchev–Trinajstić information content (AvgIpc) is 3.08. The number of likely N-dealkylation sites (tertiary alicyclic amines) is 1. The zero-order valence-corrected chi connectivity index (χ0v) is 18.9. The molecule has 32 heavy (non-hydrogen) atoms. The Hall–Kier alpha value is -2.81. The van der Waals surface area contributed by atoms with Crippen LogP contribution in [0.2, 0.25) is 0 Å². The zero-order valence-electron chi connectivity index (χ0n) is 18.9. The number of nitrogens with one attached hydrogen (secondary N) is 1. The number of alkyl halides is 2. The molecule has 2 aromatic rings. The van der Waals surface area contributed by atoms with Gasteiger partial charge in [0.2, 0.25) is 5.91 Å². The number of halogens is 2. The highest BCUT2D eigenvalue weighted by atomic mass is 19.3. The Morgan fingerprint density at radius 2 is 1.81 bits per heavy atom. The van der Waals surface area contributed by atoms with Crippen molar-refractivity contribution in [2.45, 2.75) is 45.7 Å². The maximum atomic E-state index is 13.3. The molecule has 0 saturated carbocycles. The Kier molecular flexibility index (Phi) is 5.56. The molecule has 3 heterocycles. The van der Waals surface area contributed by atoms with E-state index in [0.717, 1.165) is 34.0 Å². The molecule has 7 nitrogen and oxygen atoms in total. The first kappa shape index (κ1) is 22.4. The summed E-state index contributed by atoms with van der Waals surface area (Å²) in [5.41, 5.74) is 2.80. The van der Waals surface area contributed by atoms with Crippen molar-refractivity contribution in [3.05, 3.63) is 41.6 Å². The van der Waals surface area contributed by atoms with Crippen LogP contribution in [-0.2, 0) is 17.8 Å². The number of fused-ring (bicyclic) bond motifs is 1. The summed E-state index contributed by atoms with van der Waals surface area (Å²) in [5, 5.41) is 7.41. The van der Waals surface area contributed by atoms with Gasteiger partial charge in [-0.1, -0.05) is 51.1 Å². The Labute approximate surface area is 186 Å². The van der Waals surface area contributed by atoms with Gasteiger partial charge >= 0.3 is 6.03 Å². The molecule has 1 N–H and O–H groups in total. The van der Waals surface area contributed by atoms with E-state index in [1.54, 1.807) is 20.8 Å². The highest BCUT2D eigenvalue weighted by molar-refractivity contribution is 5.89. The molecule has 1 atom stereocenters. The van der Waals surface area contributed by atoms with Crippen LogP contribution in [0.1, 0.15) is 32.0 Å². The molecule has 0 radical (unpaired) electrons. The molecule has 0 unspecified atom stereocenters. The van der Waals surface area contributed by atoms with Crippen molar-refractivity contribution >= 4 is 11.9 Å². The molecule has 9 heteroatoms. The predicted molar refractivity (Wildman–Crippen MR) is 116 cm³/mol. The summed E-state index contributed by atoms with van der Waals surface area (Å²) in [6.07, 6.45) is 0.644. The van der Waals surface area contributed by atoms with E-state index in [0.29, 0.717) is 13.0 Å². The maximum absolute atomic E-state index is 13.3. The number of hydrogen-bond acceptors (Lipinski definition) is 4. The minimum Gasteiger partial charge on any atom is -0.329 e. The van der Waals surface area contributed by atoms with Crippen molar-refractivity contribution in [1.82, 2.24) is 24.9 Å². The molecule has 2 aliphatic heterocycles. The number of carbonyl (C=O) groups is 2. The molecule has 1 saturated heterocycles. The van der Waals surface area contributed by atoms with Gasteiger partial charge in [-0.2, -0.15) is 9.78 Å². The number of nitrogens with zero attached hydrogens (tertiary/aromatic N) is 4. The SMILES string of the molecule is CN1CCc2c(c(-c3ccccc3)nn2C(=O)N[C@H](C(=O)N2CC(F)(F)C2)C(C)(C)C)C1.